The fourth-order valence-electron chi connectivity index (χ4n) is 2.43. The molecule has 1 fully saturated rings. The molecule has 0 aromatic heterocycles. The zero-order valence-corrected chi connectivity index (χ0v) is 10.3. The predicted octanol–water partition coefficient (Wildman–Crippen LogP) is 1.04. The van der Waals surface area contributed by atoms with E-state index < -0.39 is 32.2 Å². The zero-order valence-electron chi connectivity index (χ0n) is 9.50. The van der Waals surface area contributed by atoms with Crippen molar-refractivity contribution in [2.75, 3.05) is 6.26 Å². The topological polar surface area (TPSA) is 75.0 Å². The number of aldehydes is 1. The minimum atomic E-state index is -3.55. The summed E-state index contributed by atoms with van der Waals surface area (Å²) in [6.07, 6.45) is 1.33. The van der Waals surface area contributed by atoms with E-state index in [1.165, 1.54) is 18.2 Å². The molecule has 0 amide bonds. The highest BCUT2D eigenvalue weighted by molar-refractivity contribution is 7.91. The third kappa shape index (κ3) is 1.71. The van der Waals surface area contributed by atoms with Gasteiger partial charge >= 0.3 is 0 Å². The second-order valence-electron chi connectivity index (χ2n) is 4.45. The first kappa shape index (κ1) is 12.7. The normalized spacial score (nSPS) is 30.5. The van der Waals surface area contributed by atoms with Gasteiger partial charge in [0.1, 0.15) is 17.5 Å². The molecule has 0 saturated heterocycles. The van der Waals surface area contributed by atoms with Crippen molar-refractivity contribution in [1.82, 2.24) is 0 Å². The summed E-state index contributed by atoms with van der Waals surface area (Å²) in [5.74, 6) is -1.31. The minimum Gasteiger partial charge on any atom is -0.302 e. The Balaban J connectivity index is 2.52. The van der Waals surface area contributed by atoms with Gasteiger partial charge in [-0.15, -0.1) is 0 Å². The Kier molecular flexibility index (Phi) is 2.74. The summed E-state index contributed by atoms with van der Waals surface area (Å²) in [7, 11) is -3.55. The van der Waals surface area contributed by atoms with Crippen LogP contribution in [-0.4, -0.2) is 26.2 Å². The molecule has 0 spiro atoms. The number of carbonyl (C=O) groups excluding carboxylic acids is 1. The molecule has 0 aliphatic heterocycles. The number of nitrogens with zero attached hydrogens (tertiary/aromatic N) is 1. The fourth-order valence-corrected chi connectivity index (χ4v) is 4.19. The zero-order chi connectivity index (χ0) is 13.6. The van der Waals surface area contributed by atoms with E-state index in [-0.39, 0.29) is 0 Å². The van der Waals surface area contributed by atoms with Crippen molar-refractivity contribution in [3.05, 3.63) is 35.6 Å². The van der Waals surface area contributed by atoms with Crippen LogP contribution in [0.3, 0.4) is 0 Å². The molecule has 1 saturated carbocycles. The molecule has 1 aromatic rings. The highest BCUT2D eigenvalue weighted by Gasteiger charge is 2.71. The van der Waals surface area contributed by atoms with Crippen molar-refractivity contribution >= 4 is 16.1 Å². The van der Waals surface area contributed by atoms with Gasteiger partial charge in [-0.3, -0.25) is 0 Å². The Morgan fingerprint density at radius 2 is 2.17 bits per heavy atom. The lowest BCUT2D eigenvalue weighted by Gasteiger charge is -1.99. The highest BCUT2D eigenvalue weighted by atomic mass is 32.2. The summed E-state index contributed by atoms with van der Waals surface area (Å²) in [4.78, 5) is 11.1. The van der Waals surface area contributed by atoms with E-state index in [1.807, 2.05) is 0 Å². The molecule has 0 unspecified atom stereocenters. The van der Waals surface area contributed by atoms with Gasteiger partial charge in [0.15, 0.2) is 9.84 Å². The Labute approximate surface area is 104 Å². The summed E-state index contributed by atoms with van der Waals surface area (Å²) < 4.78 is 36.3. The average Bonchev–Trinajstić information content (AvgIpc) is 2.98. The van der Waals surface area contributed by atoms with Crippen LogP contribution in [0.15, 0.2) is 24.3 Å². The van der Waals surface area contributed by atoms with Crippen LogP contribution in [-0.2, 0) is 14.6 Å². The van der Waals surface area contributed by atoms with Gasteiger partial charge in [-0.1, -0.05) is 12.1 Å². The molecule has 18 heavy (non-hydrogen) atoms. The van der Waals surface area contributed by atoms with E-state index >= 15 is 0 Å². The van der Waals surface area contributed by atoms with E-state index in [2.05, 4.69) is 0 Å². The van der Waals surface area contributed by atoms with Crippen LogP contribution in [0.4, 0.5) is 4.39 Å². The van der Waals surface area contributed by atoms with Gasteiger partial charge in [-0.25, -0.2) is 12.8 Å². The van der Waals surface area contributed by atoms with Crippen molar-refractivity contribution < 1.29 is 17.6 Å². The summed E-state index contributed by atoms with van der Waals surface area (Å²) in [5, 5.41) is 7.96. The summed E-state index contributed by atoms with van der Waals surface area (Å²) in [5.41, 5.74) is -1.22. The monoisotopic (exact) mass is 267 g/mol. The summed E-state index contributed by atoms with van der Waals surface area (Å²) in [6.45, 7) is 0. The van der Waals surface area contributed by atoms with Crippen molar-refractivity contribution in [2.24, 2.45) is 5.41 Å². The van der Waals surface area contributed by atoms with Crippen molar-refractivity contribution in [2.45, 2.75) is 11.2 Å². The van der Waals surface area contributed by atoms with E-state index in [9.17, 15) is 17.6 Å². The van der Waals surface area contributed by atoms with E-state index in [0.717, 1.165) is 12.3 Å². The molecule has 0 N–H and O–H groups in total. The molecule has 6 heteroatoms. The van der Waals surface area contributed by atoms with Crippen LogP contribution in [0.2, 0.25) is 0 Å². The number of hydrogen-bond acceptors (Lipinski definition) is 4. The van der Waals surface area contributed by atoms with Gasteiger partial charge in [0.25, 0.3) is 0 Å². The lowest BCUT2D eigenvalue weighted by atomic mass is 10.0. The third-order valence-electron chi connectivity index (χ3n) is 3.24. The number of hydrogen-bond donors (Lipinski definition) is 0. The first-order valence-electron chi connectivity index (χ1n) is 5.18. The second-order valence-corrected chi connectivity index (χ2v) is 6.61. The molecule has 0 heterocycles. The SMILES string of the molecule is CS(=O)(=O)[C@H]1[C@H](c2cccc(F)c2)[C@@]1(C#N)C=O. The molecule has 94 valence electrons. The summed E-state index contributed by atoms with van der Waals surface area (Å²) >= 11 is 0. The van der Waals surface area contributed by atoms with Crippen molar-refractivity contribution in [1.29, 1.82) is 5.26 Å². The van der Waals surface area contributed by atoms with Gasteiger partial charge in [-0.2, -0.15) is 5.26 Å². The highest BCUT2D eigenvalue weighted by Crippen LogP contribution is 2.61. The maximum atomic E-state index is 13.1. The third-order valence-corrected chi connectivity index (χ3v) is 4.82. The quantitative estimate of drug-likeness (QED) is 0.767. The van der Waals surface area contributed by atoms with Crippen LogP contribution in [0.25, 0.3) is 0 Å². The van der Waals surface area contributed by atoms with Crippen LogP contribution in [0.1, 0.15) is 11.5 Å². The van der Waals surface area contributed by atoms with E-state index in [0.29, 0.717) is 11.8 Å². The Hall–Kier alpha value is -1.74. The van der Waals surface area contributed by atoms with Gasteiger partial charge in [-0.05, 0) is 17.7 Å². The fraction of sp³-hybridized carbons (Fsp3) is 0.333. The Morgan fingerprint density at radius 3 is 2.56 bits per heavy atom. The van der Waals surface area contributed by atoms with Gasteiger partial charge in [0.05, 0.1) is 11.3 Å². The number of nitriles is 1. The first-order valence-corrected chi connectivity index (χ1v) is 7.14. The van der Waals surface area contributed by atoms with Crippen LogP contribution < -0.4 is 0 Å². The average molecular weight is 267 g/mol. The number of sulfone groups is 1. The molecule has 0 radical (unpaired) electrons. The number of benzene rings is 1. The smallest absolute Gasteiger partial charge is 0.153 e. The molecule has 3 atom stereocenters. The van der Waals surface area contributed by atoms with Gasteiger partial charge in [0, 0.05) is 12.2 Å². The molecular formula is C12H10FNO3S. The van der Waals surface area contributed by atoms with Gasteiger partial charge in [0.2, 0.25) is 0 Å². The Morgan fingerprint density at radius 1 is 1.50 bits per heavy atom. The molecule has 4 nitrogen and oxygen atoms in total. The van der Waals surface area contributed by atoms with Gasteiger partial charge < -0.3 is 4.79 Å². The maximum absolute atomic E-state index is 13.1. The van der Waals surface area contributed by atoms with Crippen LogP contribution in [0, 0.1) is 22.6 Å². The molecule has 1 aliphatic carbocycles. The first-order chi connectivity index (χ1) is 8.36. The Bertz CT molecular complexity index is 650. The van der Waals surface area contributed by atoms with Crippen molar-refractivity contribution in [3.8, 4) is 6.07 Å². The lowest BCUT2D eigenvalue weighted by Crippen LogP contribution is -2.14. The largest absolute Gasteiger partial charge is 0.302 e. The summed E-state index contributed by atoms with van der Waals surface area (Å²) in [6, 6.07) is 7.08. The van der Waals surface area contributed by atoms with E-state index in [1.54, 1.807) is 6.07 Å². The number of carbonyl (C=O) groups is 1. The molecule has 2 rings (SSSR count). The maximum Gasteiger partial charge on any atom is 0.153 e. The van der Waals surface area contributed by atoms with Crippen LogP contribution >= 0.6 is 0 Å². The molecule has 0 bridgehead atoms. The molecule has 1 aromatic carbocycles. The molecule has 1 aliphatic rings. The second kappa shape index (κ2) is 3.89. The van der Waals surface area contributed by atoms with Crippen molar-refractivity contribution in [3.63, 3.8) is 0 Å². The number of halogens is 1. The standard InChI is InChI=1S/C12H10FNO3S/c1-18(16,17)11-10(12(11,6-14)7-15)8-3-2-4-9(13)5-8/h2-5,7,10-11H,1H3/t10-,11-,12+/m0/s1. The minimum absolute atomic E-state index is 0.355. The lowest BCUT2D eigenvalue weighted by molar-refractivity contribution is -0.110. The number of rotatable bonds is 3. The van der Waals surface area contributed by atoms with Crippen LogP contribution in [0.5, 0.6) is 0 Å². The molecular weight excluding hydrogens is 257 g/mol. The van der Waals surface area contributed by atoms with E-state index in [4.69, 9.17) is 5.26 Å². The predicted molar refractivity (Wildman–Crippen MR) is 61.9 cm³/mol.